The van der Waals surface area contributed by atoms with Crippen LogP contribution in [0.3, 0.4) is 0 Å². The monoisotopic (exact) mass is 227 g/mol. The molecule has 1 heterocycles. The van der Waals surface area contributed by atoms with Crippen LogP contribution in [-0.4, -0.2) is 47.8 Å². The maximum atomic E-state index is 11.1. The Hall–Kier alpha value is -0.610. The van der Waals surface area contributed by atoms with E-state index in [0.29, 0.717) is 5.92 Å². The van der Waals surface area contributed by atoms with Gasteiger partial charge < -0.3 is 9.84 Å². The number of morpholine rings is 1. The molecular weight excluding hydrogens is 206 g/mol. The molecule has 2 rings (SSSR count). The summed E-state index contributed by atoms with van der Waals surface area (Å²) in [6, 6.07) is 0. The highest BCUT2D eigenvalue weighted by Gasteiger charge is 2.44. The van der Waals surface area contributed by atoms with Gasteiger partial charge >= 0.3 is 5.97 Å². The third kappa shape index (κ3) is 2.38. The molecular formula is C12H21NO3. The van der Waals surface area contributed by atoms with Crippen LogP contribution in [0.15, 0.2) is 0 Å². The predicted molar refractivity (Wildman–Crippen MR) is 60.4 cm³/mol. The summed E-state index contributed by atoms with van der Waals surface area (Å²) in [5, 5.41) is 9.10. The van der Waals surface area contributed by atoms with Gasteiger partial charge in [-0.1, -0.05) is 6.92 Å². The lowest BCUT2D eigenvalue weighted by molar-refractivity contribution is -0.141. The summed E-state index contributed by atoms with van der Waals surface area (Å²) in [5.74, 6) is -0.0113. The second-order valence-electron chi connectivity index (χ2n) is 5.24. The second-order valence-corrected chi connectivity index (χ2v) is 5.24. The lowest BCUT2D eigenvalue weighted by Crippen LogP contribution is -2.53. The summed E-state index contributed by atoms with van der Waals surface area (Å²) >= 11 is 0. The summed E-state index contributed by atoms with van der Waals surface area (Å²) in [4.78, 5) is 13.4. The number of carboxylic acid groups (broad SMARTS) is 1. The summed E-state index contributed by atoms with van der Waals surface area (Å²) in [6.45, 7) is 5.50. The van der Waals surface area contributed by atoms with Crippen molar-refractivity contribution in [2.45, 2.75) is 38.1 Å². The van der Waals surface area contributed by atoms with E-state index in [1.807, 2.05) is 0 Å². The zero-order valence-electron chi connectivity index (χ0n) is 9.95. The van der Waals surface area contributed by atoms with Crippen LogP contribution < -0.4 is 0 Å². The van der Waals surface area contributed by atoms with Crippen LogP contribution in [0, 0.1) is 5.92 Å². The number of nitrogens with zero attached hydrogens (tertiary/aromatic N) is 1. The maximum Gasteiger partial charge on any atom is 0.305 e. The largest absolute Gasteiger partial charge is 0.481 e. The van der Waals surface area contributed by atoms with E-state index < -0.39 is 5.97 Å². The fourth-order valence-electron chi connectivity index (χ4n) is 3.25. The molecule has 0 aromatic carbocycles. The second kappa shape index (κ2) is 4.72. The van der Waals surface area contributed by atoms with E-state index in [-0.39, 0.29) is 12.0 Å². The van der Waals surface area contributed by atoms with E-state index in [9.17, 15) is 4.79 Å². The van der Waals surface area contributed by atoms with Gasteiger partial charge in [-0.2, -0.15) is 0 Å². The van der Waals surface area contributed by atoms with E-state index in [0.717, 1.165) is 45.6 Å². The molecule has 0 radical (unpaired) electrons. The highest BCUT2D eigenvalue weighted by Crippen LogP contribution is 2.41. The fourth-order valence-corrected chi connectivity index (χ4v) is 3.25. The van der Waals surface area contributed by atoms with Crippen molar-refractivity contribution in [2.75, 3.05) is 26.3 Å². The molecule has 2 unspecified atom stereocenters. The van der Waals surface area contributed by atoms with Crippen LogP contribution in [0.25, 0.3) is 0 Å². The van der Waals surface area contributed by atoms with E-state index in [1.165, 1.54) is 0 Å². The number of hydrogen-bond acceptors (Lipinski definition) is 3. The molecule has 1 saturated carbocycles. The number of rotatable bonds is 3. The van der Waals surface area contributed by atoms with E-state index >= 15 is 0 Å². The average molecular weight is 227 g/mol. The summed E-state index contributed by atoms with van der Waals surface area (Å²) in [5.41, 5.74) is -0.0883. The van der Waals surface area contributed by atoms with Crippen molar-refractivity contribution in [2.24, 2.45) is 5.92 Å². The van der Waals surface area contributed by atoms with Gasteiger partial charge in [0.15, 0.2) is 0 Å². The third-order valence-corrected chi connectivity index (χ3v) is 3.99. The van der Waals surface area contributed by atoms with Crippen LogP contribution >= 0.6 is 0 Å². The smallest absolute Gasteiger partial charge is 0.305 e. The Morgan fingerprint density at radius 2 is 2.19 bits per heavy atom. The van der Waals surface area contributed by atoms with Gasteiger partial charge in [0.1, 0.15) is 0 Å². The summed E-state index contributed by atoms with van der Waals surface area (Å²) in [7, 11) is 0. The van der Waals surface area contributed by atoms with Crippen molar-refractivity contribution in [1.82, 2.24) is 4.90 Å². The van der Waals surface area contributed by atoms with Crippen molar-refractivity contribution in [3.63, 3.8) is 0 Å². The first kappa shape index (κ1) is 11.9. The summed E-state index contributed by atoms with van der Waals surface area (Å²) in [6.07, 6.45) is 3.50. The first-order valence-corrected chi connectivity index (χ1v) is 6.17. The third-order valence-electron chi connectivity index (χ3n) is 3.99. The Balaban J connectivity index is 2.09. The molecule has 2 atom stereocenters. The van der Waals surface area contributed by atoms with Gasteiger partial charge in [-0.05, 0) is 25.2 Å². The van der Waals surface area contributed by atoms with Crippen molar-refractivity contribution in [3.8, 4) is 0 Å². The van der Waals surface area contributed by atoms with Crippen LogP contribution in [-0.2, 0) is 9.53 Å². The van der Waals surface area contributed by atoms with Crippen molar-refractivity contribution in [1.29, 1.82) is 0 Å². The van der Waals surface area contributed by atoms with Crippen LogP contribution in [0.1, 0.15) is 32.6 Å². The number of carboxylic acids is 1. The fraction of sp³-hybridized carbons (Fsp3) is 0.917. The van der Waals surface area contributed by atoms with Crippen LogP contribution in [0.4, 0.5) is 0 Å². The van der Waals surface area contributed by atoms with Gasteiger partial charge in [0, 0.05) is 18.6 Å². The van der Waals surface area contributed by atoms with Gasteiger partial charge in [0.05, 0.1) is 19.6 Å². The molecule has 0 spiro atoms. The Kier molecular flexibility index (Phi) is 3.50. The molecule has 92 valence electrons. The van der Waals surface area contributed by atoms with Gasteiger partial charge in [0.25, 0.3) is 0 Å². The molecule has 1 aliphatic carbocycles. The molecule has 4 nitrogen and oxygen atoms in total. The van der Waals surface area contributed by atoms with E-state index in [2.05, 4.69) is 11.8 Å². The number of hydrogen-bond donors (Lipinski definition) is 1. The van der Waals surface area contributed by atoms with Gasteiger partial charge in [-0.15, -0.1) is 0 Å². The highest BCUT2D eigenvalue weighted by molar-refractivity contribution is 5.68. The first-order chi connectivity index (χ1) is 7.62. The van der Waals surface area contributed by atoms with Gasteiger partial charge in [0.2, 0.25) is 0 Å². The Morgan fingerprint density at radius 1 is 1.50 bits per heavy atom. The molecule has 1 N–H and O–H groups in total. The van der Waals surface area contributed by atoms with Crippen molar-refractivity contribution < 1.29 is 14.6 Å². The Bertz CT molecular complexity index is 263. The summed E-state index contributed by atoms with van der Waals surface area (Å²) < 4.78 is 5.35. The average Bonchev–Trinajstić information content (AvgIpc) is 2.62. The molecule has 0 amide bonds. The minimum absolute atomic E-state index is 0.0883. The van der Waals surface area contributed by atoms with E-state index in [1.54, 1.807) is 0 Å². The SMILES string of the molecule is CC1CCC(CC(=O)O)(N2CCOCC2)C1. The zero-order valence-corrected chi connectivity index (χ0v) is 9.95. The molecule has 4 heteroatoms. The molecule has 2 aliphatic rings. The minimum Gasteiger partial charge on any atom is -0.481 e. The van der Waals surface area contributed by atoms with Gasteiger partial charge in [-0.25, -0.2) is 0 Å². The molecule has 1 aliphatic heterocycles. The Morgan fingerprint density at radius 3 is 2.69 bits per heavy atom. The lowest BCUT2D eigenvalue weighted by atomic mass is 9.89. The van der Waals surface area contributed by atoms with Crippen LogP contribution in [0.2, 0.25) is 0 Å². The zero-order chi connectivity index (χ0) is 11.6. The van der Waals surface area contributed by atoms with Crippen LogP contribution in [0.5, 0.6) is 0 Å². The predicted octanol–water partition coefficient (Wildman–Crippen LogP) is 1.35. The normalized spacial score (nSPS) is 36.4. The van der Waals surface area contributed by atoms with Crippen molar-refractivity contribution >= 4 is 5.97 Å². The molecule has 2 fully saturated rings. The first-order valence-electron chi connectivity index (χ1n) is 6.17. The molecule has 16 heavy (non-hydrogen) atoms. The lowest BCUT2D eigenvalue weighted by Gasteiger charge is -2.42. The Labute approximate surface area is 96.6 Å². The minimum atomic E-state index is -0.666. The molecule has 1 saturated heterocycles. The number of aliphatic carboxylic acids is 1. The number of carbonyl (C=O) groups is 1. The van der Waals surface area contributed by atoms with Crippen molar-refractivity contribution in [3.05, 3.63) is 0 Å². The molecule has 0 aromatic rings. The standard InChI is InChI=1S/C12H21NO3/c1-10-2-3-12(8-10,9-11(14)15)13-4-6-16-7-5-13/h10H,2-9H2,1H3,(H,14,15). The number of ether oxygens (including phenoxy) is 1. The molecule has 0 bridgehead atoms. The van der Waals surface area contributed by atoms with Gasteiger partial charge in [-0.3, -0.25) is 9.69 Å². The van der Waals surface area contributed by atoms with E-state index in [4.69, 9.17) is 9.84 Å². The maximum absolute atomic E-state index is 11.1. The topological polar surface area (TPSA) is 49.8 Å². The quantitative estimate of drug-likeness (QED) is 0.790. The molecule has 0 aromatic heterocycles. The highest BCUT2D eigenvalue weighted by atomic mass is 16.5.